The van der Waals surface area contributed by atoms with Crippen molar-refractivity contribution in [2.75, 3.05) is 11.4 Å². The molecule has 0 saturated heterocycles. The molecule has 1 aliphatic heterocycles. The second-order valence-corrected chi connectivity index (χ2v) is 4.25. The Morgan fingerprint density at radius 3 is 3.07 bits per heavy atom. The van der Waals surface area contributed by atoms with Crippen molar-refractivity contribution < 1.29 is 4.79 Å². The summed E-state index contributed by atoms with van der Waals surface area (Å²) in [4.78, 5) is 17.2. The topological polar surface area (TPSA) is 33.2 Å². The van der Waals surface area contributed by atoms with E-state index in [4.69, 9.17) is 0 Å². The van der Waals surface area contributed by atoms with Crippen molar-refractivity contribution in [2.45, 2.75) is 19.8 Å². The summed E-state index contributed by atoms with van der Waals surface area (Å²) < 4.78 is 1.00. The van der Waals surface area contributed by atoms with Crippen LogP contribution in [0.1, 0.15) is 18.9 Å². The van der Waals surface area contributed by atoms with Crippen molar-refractivity contribution in [3.05, 3.63) is 22.4 Å². The lowest BCUT2D eigenvalue weighted by molar-refractivity contribution is -0.116. The second-order valence-electron chi connectivity index (χ2n) is 3.39. The molecule has 0 radical (unpaired) electrons. The Bertz CT molecular complexity index is 378. The second kappa shape index (κ2) is 3.69. The number of hydrogen-bond acceptors (Lipinski definition) is 2. The third-order valence-corrected chi connectivity index (χ3v) is 3.14. The van der Waals surface area contributed by atoms with E-state index in [0.717, 1.165) is 29.5 Å². The molecule has 0 fully saturated rings. The smallest absolute Gasteiger partial charge is 0.223 e. The summed E-state index contributed by atoms with van der Waals surface area (Å²) in [6.45, 7) is 2.40. The van der Waals surface area contributed by atoms with Gasteiger partial charge in [0.2, 0.25) is 5.91 Å². The molecule has 1 aliphatic rings. The lowest BCUT2D eigenvalue weighted by Gasteiger charge is -2.28. The molecule has 74 valence electrons. The van der Waals surface area contributed by atoms with E-state index in [-0.39, 0.29) is 5.91 Å². The fraction of sp³-hybridized carbons (Fsp3) is 0.400. The van der Waals surface area contributed by atoms with E-state index in [2.05, 4.69) is 20.9 Å². The fourth-order valence-corrected chi connectivity index (χ4v) is 2.31. The summed E-state index contributed by atoms with van der Waals surface area (Å²) >= 11 is 3.46. The maximum Gasteiger partial charge on any atom is 0.223 e. The number of halogens is 1. The minimum absolute atomic E-state index is 0.0888. The van der Waals surface area contributed by atoms with Crippen LogP contribution in [0.5, 0.6) is 0 Å². The lowest BCUT2D eigenvalue weighted by Crippen LogP contribution is -2.33. The molecule has 0 unspecified atom stereocenters. The molecule has 0 spiro atoms. The number of carbonyl (C=O) groups excluding carboxylic acids is 1. The molecule has 1 aromatic rings. The zero-order valence-corrected chi connectivity index (χ0v) is 9.54. The van der Waals surface area contributed by atoms with Crippen molar-refractivity contribution >= 4 is 27.5 Å². The van der Waals surface area contributed by atoms with Crippen LogP contribution in [0.15, 0.2) is 16.9 Å². The number of aromatic nitrogens is 1. The summed E-state index contributed by atoms with van der Waals surface area (Å²) in [7, 11) is 0. The van der Waals surface area contributed by atoms with Gasteiger partial charge in [-0.15, -0.1) is 0 Å². The molecule has 0 bridgehead atoms. The zero-order chi connectivity index (χ0) is 10.1. The van der Waals surface area contributed by atoms with E-state index in [1.54, 1.807) is 24.2 Å². The standard InChI is InChI=1S/C10H11BrN2O/c1-7(14)13-4-2-3-8-9(11)5-12-6-10(8)13/h5-6H,2-4H2,1H3. The molecular weight excluding hydrogens is 244 g/mol. The Kier molecular flexibility index (Phi) is 2.54. The van der Waals surface area contributed by atoms with Gasteiger partial charge in [0, 0.05) is 24.1 Å². The Hall–Kier alpha value is -0.900. The molecule has 0 aromatic carbocycles. The summed E-state index contributed by atoms with van der Waals surface area (Å²) in [5.41, 5.74) is 2.15. The highest BCUT2D eigenvalue weighted by atomic mass is 79.9. The van der Waals surface area contributed by atoms with E-state index in [1.807, 2.05) is 0 Å². The van der Waals surface area contributed by atoms with Crippen molar-refractivity contribution in [2.24, 2.45) is 0 Å². The molecule has 1 amide bonds. The highest BCUT2D eigenvalue weighted by Crippen LogP contribution is 2.31. The van der Waals surface area contributed by atoms with Crippen LogP contribution in [0, 0.1) is 0 Å². The molecule has 1 aromatic heterocycles. The number of hydrogen-bond donors (Lipinski definition) is 0. The van der Waals surface area contributed by atoms with Gasteiger partial charge in [-0.05, 0) is 34.3 Å². The number of pyridine rings is 1. The summed E-state index contributed by atoms with van der Waals surface area (Å²) in [5, 5.41) is 0. The first-order valence-corrected chi connectivity index (χ1v) is 5.40. The monoisotopic (exact) mass is 254 g/mol. The third kappa shape index (κ3) is 1.54. The van der Waals surface area contributed by atoms with Crippen molar-refractivity contribution in [1.82, 2.24) is 4.98 Å². The molecular formula is C10H11BrN2O. The van der Waals surface area contributed by atoms with Gasteiger partial charge in [0.05, 0.1) is 11.9 Å². The van der Waals surface area contributed by atoms with Crippen molar-refractivity contribution in [3.8, 4) is 0 Å². The van der Waals surface area contributed by atoms with Crippen LogP contribution in [0.2, 0.25) is 0 Å². The van der Waals surface area contributed by atoms with Crippen LogP contribution in [0.4, 0.5) is 5.69 Å². The average Bonchev–Trinajstić information content (AvgIpc) is 2.17. The van der Waals surface area contributed by atoms with Crippen molar-refractivity contribution in [1.29, 1.82) is 0 Å². The molecule has 2 heterocycles. The molecule has 3 nitrogen and oxygen atoms in total. The van der Waals surface area contributed by atoms with E-state index >= 15 is 0 Å². The number of anilines is 1. The third-order valence-electron chi connectivity index (χ3n) is 2.46. The van der Waals surface area contributed by atoms with Gasteiger partial charge in [-0.1, -0.05) is 0 Å². The van der Waals surface area contributed by atoms with Gasteiger partial charge in [-0.3, -0.25) is 9.78 Å². The van der Waals surface area contributed by atoms with Crippen LogP contribution in [0.3, 0.4) is 0 Å². The van der Waals surface area contributed by atoms with Crippen LogP contribution < -0.4 is 4.90 Å². The highest BCUT2D eigenvalue weighted by molar-refractivity contribution is 9.10. The normalized spacial score (nSPS) is 15.1. The van der Waals surface area contributed by atoms with E-state index in [0.29, 0.717) is 0 Å². The number of rotatable bonds is 0. The van der Waals surface area contributed by atoms with E-state index in [1.165, 1.54) is 5.56 Å². The summed E-state index contributed by atoms with van der Waals surface area (Å²) in [6, 6.07) is 0. The molecule has 0 saturated carbocycles. The minimum Gasteiger partial charge on any atom is -0.311 e. The first-order valence-electron chi connectivity index (χ1n) is 4.60. The van der Waals surface area contributed by atoms with Gasteiger partial charge in [0.25, 0.3) is 0 Å². The van der Waals surface area contributed by atoms with Gasteiger partial charge in [0.15, 0.2) is 0 Å². The van der Waals surface area contributed by atoms with Gasteiger partial charge in [-0.2, -0.15) is 0 Å². The maximum atomic E-state index is 11.4. The molecule has 0 aliphatic carbocycles. The molecule has 4 heteroatoms. The largest absolute Gasteiger partial charge is 0.311 e. The van der Waals surface area contributed by atoms with Gasteiger partial charge >= 0.3 is 0 Å². The lowest BCUT2D eigenvalue weighted by atomic mass is 10.0. The van der Waals surface area contributed by atoms with E-state index < -0.39 is 0 Å². The molecule has 2 rings (SSSR count). The van der Waals surface area contributed by atoms with Gasteiger partial charge in [-0.25, -0.2) is 0 Å². The minimum atomic E-state index is 0.0888. The summed E-state index contributed by atoms with van der Waals surface area (Å²) in [6.07, 6.45) is 5.58. The molecule has 14 heavy (non-hydrogen) atoms. The Morgan fingerprint density at radius 1 is 1.57 bits per heavy atom. The number of amides is 1. The first-order chi connectivity index (χ1) is 6.70. The van der Waals surface area contributed by atoms with E-state index in [9.17, 15) is 4.79 Å². The van der Waals surface area contributed by atoms with Crippen LogP contribution in [0.25, 0.3) is 0 Å². The molecule has 0 N–H and O–H groups in total. The predicted molar refractivity (Wildman–Crippen MR) is 58.3 cm³/mol. The Labute approximate surface area is 91.3 Å². The van der Waals surface area contributed by atoms with Crippen LogP contribution in [-0.4, -0.2) is 17.4 Å². The first kappa shape index (κ1) is 9.65. The Balaban J connectivity index is 2.49. The SMILES string of the molecule is CC(=O)N1CCCc2c(Br)cncc21. The maximum absolute atomic E-state index is 11.4. The van der Waals surface area contributed by atoms with Gasteiger partial charge < -0.3 is 4.90 Å². The number of nitrogens with zero attached hydrogens (tertiary/aromatic N) is 2. The number of fused-ring (bicyclic) bond motifs is 1. The highest BCUT2D eigenvalue weighted by Gasteiger charge is 2.21. The zero-order valence-electron chi connectivity index (χ0n) is 7.96. The average molecular weight is 255 g/mol. The quantitative estimate of drug-likeness (QED) is 0.711. The fourth-order valence-electron chi connectivity index (χ4n) is 1.79. The molecule has 0 atom stereocenters. The number of carbonyl (C=O) groups is 1. The van der Waals surface area contributed by atoms with Crippen LogP contribution in [-0.2, 0) is 11.2 Å². The van der Waals surface area contributed by atoms with Gasteiger partial charge in [0.1, 0.15) is 0 Å². The summed E-state index contributed by atoms with van der Waals surface area (Å²) in [5.74, 6) is 0.0888. The predicted octanol–water partition coefficient (Wildman–Crippen LogP) is 2.14. The van der Waals surface area contributed by atoms with Crippen LogP contribution >= 0.6 is 15.9 Å². The van der Waals surface area contributed by atoms with Crippen molar-refractivity contribution in [3.63, 3.8) is 0 Å². The Morgan fingerprint density at radius 2 is 2.36 bits per heavy atom.